The van der Waals surface area contributed by atoms with Crippen molar-refractivity contribution in [1.82, 2.24) is 0 Å². The Labute approximate surface area is 109 Å². The maximum atomic E-state index is 12.5. The topological polar surface area (TPSA) is 54.3 Å². The number of H-pyrrole nitrogens is 1. The average Bonchev–Trinajstić information content (AvgIpc) is 2.45. The zero-order valence-electron chi connectivity index (χ0n) is 9.59. The minimum absolute atomic E-state index is 1.88. The third-order valence-electron chi connectivity index (χ3n) is 2.02. The molecule has 3 nitrogen and oxygen atoms in total. The van der Waals surface area contributed by atoms with Gasteiger partial charge in [0.1, 0.15) is 0 Å². The number of carboxylic acid groups (broad SMARTS) is 1. The average molecular weight is 291 g/mol. The molecule has 0 bridgehead atoms. The molecule has 0 radical (unpaired) electrons. The molecule has 0 spiro atoms. The summed E-state index contributed by atoms with van der Waals surface area (Å²) in [7, 11) is 0. The van der Waals surface area contributed by atoms with Crippen molar-refractivity contribution in [1.29, 1.82) is 0 Å². The quantitative estimate of drug-likeness (QED) is 0.451. The fourth-order valence-corrected chi connectivity index (χ4v) is 1.13. The number of carboxylic acids is 1. The number of carbonyl (C=O) groups excluding carboxylic acids is 1. The molecule has 0 fully saturated rings. The van der Waals surface area contributed by atoms with E-state index in [4.69, 9.17) is 0 Å². The van der Waals surface area contributed by atoms with Gasteiger partial charge in [0.05, 0.1) is 11.5 Å². The molecule has 0 unspecified atom stereocenters. The number of rotatable bonds is 1. The van der Waals surface area contributed by atoms with Gasteiger partial charge in [-0.2, -0.15) is 0 Å². The van der Waals surface area contributed by atoms with Gasteiger partial charge in [0.25, 0.3) is 0 Å². The van der Waals surface area contributed by atoms with Crippen molar-refractivity contribution in [3.8, 4) is 0 Å². The number of hydrogen-bond acceptors (Lipinski definition) is 2. The van der Waals surface area contributed by atoms with Crippen molar-refractivity contribution in [3.05, 3.63) is 65.2 Å². The second-order valence-corrected chi connectivity index (χ2v) is 3.31. The number of halogens is 5. The van der Waals surface area contributed by atoms with Crippen molar-refractivity contribution in [2.24, 2.45) is 0 Å². The molecule has 20 heavy (non-hydrogen) atoms. The third-order valence-corrected chi connectivity index (χ3v) is 2.02. The summed E-state index contributed by atoms with van der Waals surface area (Å²) >= 11 is 0. The standard InChI is InChI=1S/C7HF5O2.C5H5N/c8-2-1(7(13)14)3(9)5(11)6(12)4(2)10;1-2-4-6-5-3-1/h(H,13,14);1-5H. The minimum atomic E-state index is -2.47. The van der Waals surface area contributed by atoms with Crippen molar-refractivity contribution in [3.63, 3.8) is 0 Å². The van der Waals surface area contributed by atoms with E-state index in [1.165, 1.54) is 0 Å². The maximum absolute atomic E-state index is 12.5. The molecule has 0 aliphatic carbocycles. The number of benzene rings is 1. The Hall–Kier alpha value is -2.51. The summed E-state index contributed by atoms with van der Waals surface area (Å²) in [4.78, 5) is 12.9. The summed E-state index contributed by atoms with van der Waals surface area (Å²) in [6.07, 6.45) is 3.75. The fraction of sp³-hybridized carbons (Fsp3) is 0. The molecular formula is C12H6F5NO2. The van der Waals surface area contributed by atoms with Gasteiger partial charge in [-0.25, -0.2) is 26.9 Å². The van der Waals surface area contributed by atoms with Crippen LogP contribution in [0, 0.1) is 29.1 Å². The first-order chi connectivity index (χ1) is 9.37. The summed E-state index contributed by atoms with van der Waals surface area (Å²) in [5, 5.41) is 10.0. The van der Waals surface area contributed by atoms with Crippen molar-refractivity contribution >= 4 is 5.97 Å². The van der Waals surface area contributed by atoms with Crippen molar-refractivity contribution in [2.45, 2.75) is 0 Å². The van der Waals surface area contributed by atoms with Gasteiger partial charge >= 0.3 is 0 Å². The van der Waals surface area contributed by atoms with Crippen LogP contribution < -0.4 is 10.1 Å². The lowest BCUT2D eigenvalue weighted by molar-refractivity contribution is -0.377. The Kier molecular flexibility index (Phi) is 5.13. The highest BCUT2D eigenvalue weighted by Gasteiger charge is 2.25. The van der Waals surface area contributed by atoms with Crippen LogP contribution in [0.15, 0.2) is 30.6 Å². The number of pyridine rings is 1. The molecule has 0 aliphatic heterocycles. The van der Waals surface area contributed by atoms with Crippen LogP contribution in [0.1, 0.15) is 10.4 Å². The zero-order valence-corrected chi connectivity index (χ0v) is 9.59. The normalized spacial score (nSPS) is 9.65. The van der Waals surface area contributed by atoms with Crippen LogP contribution in [0.4, 0.5) is 22.0 Å². The fourth-order valence-electron chi connectivity index (χ4n) is 1.13. The predicted molar refractivity (Wildman–Crippen MR) is 53.6 cm³/mol. The summed E-state index contributed by atoms with van der Waals surface area (Å²) in [5.74, 6) is -14.4. The first-order valence-electron chi connectivity index (χ1n) is 5.01. The SMILES string of the molecule is O=C([O-])c1c(F)c(F)c(F)c(F)c1F.c1cc[nH+]cc1. The van der Waals surface area contributed by atoms with E-state index < -0.39 is 40.6 Å². The van der Waals surface area contributed by atoms with E-state index in [0.717, 1.165) is 0 Å². The van der Waals surface area contributed by atoms with Gasteiger partial charge in [-0.1, -0.05) is 6.07 Å². The highest BCUT2D eigenvalue weighted by atomic mass is 19.2. The summed E-state index contributed by atoms with van der Waals surface area (Å²) < 4.78 is 62.0. The summed E-state index contributed by atoms with van der Waals surface area (Å²) in [6, 6.07) is 5.86. The van der Waals surface area contributed by atoms with Crippen LogP contribution in [0.3, 0.4) is 0 Å². The Morgan fingerprint density at radius 3 is 1.45 bits per heavy atom. The largest absolute Gasteiger partial charge is 0.545 e. The lowest BCUT2D eigenvalue weighted by atomic mass is 10.1. The number of aromatic carboxylic acids is 1. The van der Waals surface area contributed by atoms with Crippen molar-refractivity contribution in [2.75, 3.05) is 0 Å². The first kappa shape index (κ1) is 15.5. The minimum Gasteiger partial charge on any atom is -0.545 e. The van der Waals surface area contributed by atoms with E-state index in [0.29, 0.717) is 0 Å². The van der Waals surface area contributed by atoms with E-state index in [1.807, 2.05) is 30.6 Å². The molecule has 1 aromatic carbocycles. The molecule has 1 heterocycles. The van der Waals surface area contributed by atoms with Crippen LogP contribution in [-0.2, 0) is 0 Å². The Bertz CT molecular complexity index is 563. The van der Waals surface area contributed by atoms with E-state index in [2.05, 4.69) is 4.98 Å². The number of nitrogens with one attached hydrogen (secondary N) is 1. The molecule has 0 atom stereocenters. The van der Waals surface area contributed by atoms with Gasteiger partial charge in [-0.3, -0.25) is 0 Å². The van der Waals surface area contributed by atoms with E-state index >= 15 is 0 Å². The second-order valence-electron chi connectivity index (χ2n) is 3.31. The number of aromatic amines is 1. The third kappa shape index (κ3) is 3.28. The van der Waals surface area contributed by atoms with Crippen molar-refractivity contribution < 1.29 is 36.8 Å². The summed E-state index contributed by atoms with van der Waals surface area (Å²) in [5.41, 5.74) is -1.97. The van der Waals surface area contributed by atoms with Gasteiger partial charge in [0, 0.05) is 12.1 Å². The highest BCUT2D eigenvalue weighted by molar-refractivity contribution is 5.86. The lowest BCUT2D eigenvalue weighted by Gasteiger charge is -2.07. The Morgan fingerprint density at radius 1 is 0.800 bits per heavy atom. The molecule has 106 valence electrons. The molecule has 8 heteroatoms. The molecule has 2 rings (SSSR count). The molecule has 1 N–H and O–H groups in total. The smallest absolute Gasteiger partial charge is 0.200 e. The number of carbonyl (C=O) groups is 1. The molecular weight excluding hydrogens is 285 g/mol. The molecule has 0 saturated heterocycles. The maximum Gasteiger partial charge on any atom is 0.200 e. The van der Waals surface area contributed by atoms with Gasteiger partial charge in [0.15, 0.2) is 35.7 Å². The molecule has 2 aromatic rings. The van der Waals surface area contributed by atoms with Crippen LogP contribution >= 0.6 is 0 Å². The molecule has 0 saturated carbocycles. The second kappa shape index (κ2) is 6.60. The van der Waals surface area contributed by atoms with Gasteiger partial charge in [0.2, 0.25) is 5.82 Å². The summed E-state index contributed by atoms with van der Waals surface area (Å²) in [6.45, 7) is 0. The zero-order chi connectivity index (χ0) is 15.3. The lowest BCUT2D eigenvalue weighted by Crippen LogP contribution is -2.26. The number of aromatic nitrogens is 1. The Morgan fingerprint density at radius 2 is 1.20 bits per heavy atom. The van der Waals surface area contributed by atoms with E-state index in [-0.39, 0.29) is 0 Å². The van der Waals surface area contributed by atoms with Crippen LogP contribution in [0.5, 0.6) is 0 Å². The molecule has 1 aromatic heterocycles. The number of hydrogen-bond donors (Lipinski definition) is 0. The van der Waals surface area contributed by atoms with Crippen LogP contribution in [0.25, 0.3) is 0 Å². The Balaban J connectivity index is 0.000000276. The van der Waals surface area contributed by atoms with E-state index in [1.54, 1.807) is 0 Å². The van der Waals surface area contributed by atoms with Gasteiger partial charge in [-0.05, 0) is 0 Å². The van der Waals surface area contributed by atoms with Gasteiger partial charge in [-0.15, -0.1) is 0 Å². The molecule has 0 aliphatic rings. The van der Waals surface area contributed by atoms with Crippen LogP contribution in [0.2, 0.25) is 0 Å². The monoisotopic (exact) mass is 291 g/mol. The van der Waals surface area contributed by atoms with Crippen LogP contribution in [-0.4, -0.2) is 5.97 Å². The predicted octanol–water partition coefficient (Wildman–Crippen LogP) is 1.25. The highest BCUT2D eigenvalue weighted by Crippen LogP contribution is 2.22. The van der Waals surface area contributed by atoms with E-state index in [9.17, 15) is 31.9 Å². The molecule has 0 amide bonds. The first-order valence-corrected chi connectivity index (χ1v) is 5.01. The van der Waals surface area contributed by atoms with Gasteiger partial charge < -0.3 is 9.90 Å².